The normalized spacial score (nSPS) is 22.7. The third-order valence-electron chi connectivity index (χ3n) is 8.58. The Morgan fingerprint density at radius 2 is 1.80 bits per heavy atom. The van der Waals surface area contributed by atoms with E-state index in [9.17, 15) is 20.1 Å². The van der Waals surface area contributed by atoms with Crippen molar-refractivity contribution in [1.29, 1.82) is 0 Å². The fraction of sp³-hybridized carbons (Fsp3) is 0.250. The van der Waals surface area contributed by atoms with Crippen LogP contribution in [0.15, 0.2) is 69.9 Å². The van der Waals surface area contributed by atoms with E-state index < -0.39 is 22.9 Å². The molecule has 4 heterocycles. The summed E-state index contributed by atoms with van der Waals surface area (Å²) in [7, 11) is 0. The molecule has 3 atom stereocenters. The molecule has 0 radical (unpaired) electrons. The van der Waals surface area contributed by atoms with Gasteiger partial charge in [-0.25, -0.2) is 9.64 Å². The van der Waals surface area contributed by atoms with Crippen LogP contribution in [0.5, 0.6) is 17.5 Å². The van der Waals surface area contributed by atoms with Gasteiger partial charge in [0.25, 0.3) is 0 Å². The topological polar surface area (TPSA) is 119 Å². The van der Waals surface area contributed by atoms with E-state index >= 15 is 0 Å². The molecule has 2 aliphatic heterocycles. The quantitative estimate of drug-likeness (QED) is 0.190. The van der Waals surface area contributed by atoms with Gasteiger partial charge in [0.15, 0.2) is 5.69 Å². The first-order chi connectivity index (χ1) is 19.7. The van der Waals surface area contributed by atoms with Gasteiger partial charge in [0.05, 0.1) is 36.1 Å². The highest BCUT2D eigenvalue weighted by atomic mass is 16.6. The Morgan fingerprint density at radius 1 is 1.05 bits per heavy atom. The van der Waals surface area contributed by atoms with Gasteiger partial charge in [0, 0.05) is 30.4 Å². The standard InChI is InChI=1S/C32H26N2O7/c1-17-14-26(36)40-24-15-18(8-9-19(17)24)39-13-12-32-16-25(35)31(2,41-32)27-28(32)30(38)34(29(27)37)23-11-10-22(33-3)20-6-4-5-7-21(20)23/h4-11,14-15,25,35,37-38H,12-13,16H2,1-2H3. The Hall–Kier alpha value is -4.78. The zero-order valence-corrected chi connectivity index (χ0v) is 22.3. The van der Waals surface area contributed by atoms with E-state index in [1.807, 2.05) is 37.3 Å². The fourth-order valence-electron chi connectivity index (χ4n) is 6.64. The van der Waals surface area contributed by atoms with E-state index in [1.54, 1.807) is 31.2 Å². The molecule has 2 bridgehead atoms. The number of aryl methyl sites for hydroxylation is 1. The van der Waals surface area contributed by atoms with Gasteiger partial charge in [0.2, 0.25) is 11.8 Å². The van der Waals surface area contributed by atoms with Crippen LogP contribution < -0.4 is 10.4 Å². The summed E-state index contributed by atoms with van der Waals surface area (Å²) >= 11 is 0. The van der Waals surface area contributed by atoms with E-state index in [0.717, 1.165) is 10.9 Å². The maximum atomic E-state index is 11.8. The summed E-state index contributed by atoms with van der Waals surface area (Å²) in [6.07, 6.45) is -0.438. The largest absolute Gasteiger partial charge is 0.494 e. The molecule has 0 aliphatic carbocycles. The second-order valence-corrected chi connectivity index (χ2v) is 10.9. The van der Waals surface area contributed by atoms with Crippen LogP contribution >= 0.6 is 0 Å². The lowest BCUT2D eigenvalue weighted by Crippen LogP contribution is -2.33. The summed E-state index contributed by atoms with van der Waals surface area (Å²) in [4.78, 5) is 15.4. The molecule has 2 aromatic heterocycles. The van der Waals surface area contributed by atoms with E-state index in [1.165, 1.54) is 10.6 Å². The minimum absolute atomic E-state index is 0.164. The highest BCUT2D eigenvalue weighted by molar-refractivity contribution is 6.00. The van der Waals surface area contributed by atoms with Crippen molar-refractivity contribution in [2.45, 2.75) is 44.0 Å². The molecule has 9 heteroatoms. The van der Waals surface area contributed by atoms with Crippen molar-refractivity contribution in [2.24, 2.45) is 0 Å². The SMILES string of the molecule is [C-]#[N+]c1ccc(-n2c(O)c3c(c2O)C2(C)OC3(CCOc3ccc4c(C)cc(=O)oc4c3)CC2O)c2ccccc12. The maximum Gasteiger partial charge on any atom is 0.336 e. The number of nitrogens with zero attached hydrogens (tertiary/aromatic N) is 2. The minimum atomic E-state index is -1.24. The average Bonchev–Trinajstić information content (AvgIpc) is 3.48. The van der Waals surface area contributed by atoms with Crippen molar-refractivity contribution >= 4 is 27.4 Å². The van der Waals surface area contributed by atoms with Crippen molar-refractivity contribution in [3.05, 3.63) is 99.2 Å². The minimum Gasteiger partial charge on any atom is -0.494 e. The predicted molar refractivity (Wildman–Crippen MR) is 151 cm³/mol. The number of aliphatic hydroxyl groups excluding tert-OH is 1. The zero-order chi connectivity index (χ0) is 28.7. The van der Waals surface area contributed by atoms with Crippen LogP contribution in [-0.4, -0.2) is 32.6 Å². The lowest BCUT2D eigenvalue weighted by Gasteiger charge is -2.26. The van der Waals surface area contributed by atoms with Crippen molar-refractivity contribution in [1.82, 2.24) is 4.57 Å². The Labute approximate surface area is 234 Å². The molecule has 1 fully saturated rings. The first-order valence-corrected chi connectivity index (χ1v) is 13.3. The molecule has 9 nitrogen and oxygen atoms in total. The predicted octanol–water partition coefficient (Wildman–Crippen LogP) is 5.68. The number of fused-ring (bicyclic) bond motifs is 7. The second kappa shape index (κ2) is 8.61. The van der Waals surface area contributed by atoms with Crippen LogP contribution in [0.2, 0.25) is 0 Å². The first kappa shape index (κ1) is 25.2. The number of benzene rings is 3. The van der Waals surface area contributed by atoms with Gasteiger partial charge in [-0.1, -0.05) is 30.3 Å². The van der Waals surface area contributed by atoms with Crippen molar-refractivity contribution in [3.8, 4) is 23.2 Å². The van der Waals surface area contributed by atoms with Crippen LogP contribution in [0.3, 0.4) is 0 Å². The molecular formula is C32H26N2O7. The molecule has 3 unspecified atom stereocenters. The number of hydrogen-bond donors (Lipinski definition) is 3. The monoisotopic (exact) mass is 550 g/mol. The molecule has 0 saturated carbocycles. The van der Waals surface area contributed by atoms with Gasteiger partial charge < -0.3 is 29.2 Å². The van der Waals surface area contributed by atoms with Gasteiger partial charge in [-0.05, 0) is 48.4 Å². The first-order valence-electron chi connectivity index (χ1n) is 13.3. The average molecular weight is 551 g/mol. The summed E-state index contributed by atoms with van der Waals surface area (Å²) in [5.74, 6) is 0.0946. The zero-order valence-electron chi connectivity index (χ0n) is 22.3. The third kappa shape index (κ3) is 3.44. The highest BCUT2D eigenvalue weighted by Gasteiger charge is 2.66. The Balaban J connectivity index is 1.27. The Morgan fingerprint density at radius 3 is 2.59 bits per heavy atom. The number of hydrogen-bond acceptors (Lipinski definition) is 7. The molecule has 3 N–H and O–H groups in total. The molecule has 5 aromatic rings. The van der Waals surface area contributed by atoms with Crippen LogP contribution in [0.4, 0.5) is 5.69 Å². The molecule has 7 rings (SSSR count). The van der Waals surface area contributed by atoms with E-state index in [-0.39, 0.29) is 31.2 Å². The molecule has 0 spiro atoms. The van der Waals surface area contributed by atoms with Crippen LogP contribution in [0.25, 0.3) is 32.3 Å². The number of ether oxygens (including phenoxy) is 2. The smallest absolute Gasteiger partial charge is 0.336 e. The van der Waals surface area contributed by atoms with Gasteiger partial charge in [0.1, 0.15) is 22.5 Å². The number of rotatable bonds is 5. The fourth-order valence-corrected chi connectivity index (χ4v) is 6.64. The number of aliphatic hydroxyl groups is 1. The lowest BCUT2D eigenvalue weighted by molar-refractivity contribution is -0.107. The summed E-state index contributed by atoms with van der Waals surface area (Å²) < 4.78 is 19.1. The number of aromatic hydroxyl groups is 2. The highest BCUT2D eigenvalue weighted by Crippen LogP contribution is 2.65. The van der Waals surface area contributed by atoms with Gasteiger partial charge in [-0.15, -0.1) is 0 Å². The van der Waals surface area contributed by atoms with Crippen LogP contribution in [0, 0.1) is 13.5 Å². The van der Waals surface area contributed by atoms with E-state index in [2.05, 4.69) is 4.85 Å². The van der Waals surface area contributed by atoms with Gasteiger partial charge in [-0.2, -0.15) is 0 Å². The lowest BCUT2D eigenvalue weighted by atomic mass is 9.76. The molecule has 206 valence electrons. The molecule has 3 aromatic carbocycles. The maximum absolute atomic E-state index is 11.8. The van der Waals surface area contributed by atoms with Crippen molar-refractivity contribution < 1.29 is 29.2 Å². The Bertz CT molecular complexity index is 2000. The Kier molecular flexibility index (Phi) is 5.29. The van der Waals surface area contributed by atoms with Crippen LogP contribution in [-0.2, 0) is 15.9 Å². The van der Waals surface area contributed by atoms with E-state index in [4.69, 9.17) is 20.5 Å². The third-order valence-corrected chi connectivity index (χ3v) is 8.58. The molecule has 2 aliphatic rings. The second-order valence-electron chi connectivity index (χ2n) is 10.9. The molecular weight excluding hydrogens is 524 g/mol. The summed E-state index contributed by atoms with van der Waals surface area (Å²) in [6, 6.07) is 17.4. The van der Waals surface area contributed by atoms with Crippen molar-refractivity contribution in [3.63, 3.8) is 0 Å². The van der Waals surface area contributed by atoms with E-state index in [0.29, 0.717) is 44.6 Å². The van der Waals surface area contributed by atoms with Gasteiger partial charge in [-0.3, -0.25) is 4.57 Å². The number of aromatic nitrogens is 1. The molecule has 0 amide bonds. The summed E-state index contributed by atoms with van der Waals surface area (Å²) in [5.41, 5.74) is 0.184. The summed E-state index contributed by atoms with van der Waals surface area (Å²) in [5, 5.41) is 36.4. The molecule has 41 heavy (non-hydrogen) atoms. The van der Waals surface area contributed by atoms with Crippen molar-refractivity contribution in [2.75, 3.05) is 6.61 Å². The van der Waals surface area contributed by atoms with Crippen LogP contribution in [0.1, 0.15) is 36.5 Å². The molecule has 1 saturated heterocycles. The summed E-state index contributed by atoms with van der Waals surface area (Å²) in [6.45, 7) is 11.2. The van der Waals surface area contributed by atoms with Gasteiger partial charge >= 0.3 is 5.63 Å².